The van der Waals surface area contributed by atoms with Crippen LogP contribution in [0.1, 0.15) is 23.8 Å². The lowest BCUT2D eigenvalue weighted by atomic mass is 10.2. The third kappa shape index (κ3) is 4.00. The summed E-state index contributed by atoms with van der Waals surface area (Å²) in [5.41, 5.74) is 1.62. The lowest BCUT2D eigenvalue weighted by Gasteiger charge is -2.17. The van der Waals surface area contributed by atoms with Crippen LogP contribution in [0.25, 0.3) is 10.9 Å². The number of amides is 1. The van der Waals surface area contributed by atoms with E-state index in [1.165, 1.54) is 6.20 Å². The number of likely N-dealkylation sites (N-methyl/N-ethyl adjacent to an activating group) is 1. The zero-order chi connectivity index (χ0) is 20.4. The highest BCUT2D eigenvalue weighted by molar-refractivity contribution is 6.04. The topological polar surface area (TPSA) is 97.2 Å². The van der Waals surface area contributed by atoms with Gasteiger partial charge >= 0.3 is 0 Å². The molecule has 1 atom stereocenters. The quantitative estimate of drug-likeness (QED) is 0.657. The Bertz CT molecular complexity index is 1020. The Morgan fingerprint density at radius 1 is 1.31 bits per heavy atom. The number of methoxy groups -OCH3 is 1. The maximum atomic E-state index is 12.7. The molecule has 1 amide bonds. The summed E-state index contributed by atoms with van der Waals surface area (Å²) in [5.74, 6) is 0.995. The summed E-state index contributed by atoms with van der Waals surface area (Å²) in [6, 6.07) is 4.11. The van der Waals surface area contributed by atoms with E-state index >= 15 is 0 Å². The van der Waals surface area contributed by atoms with Gasteiger partial charge in [-0.15, -0.1) is 0 Å². The van der Waals surface area contributed by atoms with Gasteiger partial charge in [-0.25, -0.2) is 9.97 Å². The molecule has 1 aromatic carbocycles. The Balaban J connectivity index is 1.48. The van der Waals surface area contributed by atoms with Crippen molar-refractivity contribution in [3.8, 4) is 5.75 Å². The Labute approximate surface area is 169 Å². The van der Waals surface area contributed by atoms with Crippen LogP contribution in [0.15, 0.2) is 30.7 Å². The lowest BCUT2D eigenvalue weighted by molar-refractivity contribution is 0.102. The van der Waals surface area contributed by atoms with Crippen LogP contribution in [-0.2, 0) is 7.05 Å². The summed E-state index contributed by atoms with van der Waals surface area (Å²) in [6.45, 7) is 4.89. The number of hydrogen-bond acceptors (Lipinski definition) is 7. The Morgan fingerprint density at radius 2 is 2.17 bits per heavy atom. The molecule has 29 heavy (non-hydrogen) atoms. The number of aromatic nitrogens is 4. The zero-order valence-electron chi connectivity index (χ0n) is 16.8. The van der Waals surface area contributed by atoms with Crippen molar-refractivity contribution >= 4 is 28.3 Å². The molecule has 152 valence electrons. The molecule has 2 N–H and O–H groups in total. The number of aryl methyl sites for hydroxylation is 1. The van der Waals surface area contributed by atoms with E-state index in [1.54, 1.807) is 24.1 Å². The van der Waals surface area contributed by atoms with Crippen molar-refractivity contribution in [3.63, 3.8) is 0 Å². The number of fused-ring (bicyclic) bond motifs is 1. The number of rotatable bonds is 6. The summed E-state index contributed by atoms with van der Waals surface area (Å²) in [4.78, 5) is 23.6. The first-order valence-electron chi connectivity index (χ1n) is 9.70. The SMILES string of the molecule is CCN[C@@H]1CCN(c2cnc(C(=O)Nc3cc4cn(C)nc4cc3OC)cn2)C1. The van der Waals surface area contributed by atoms with Gasteiger partial charge < -0.3 is 20.3 Å². The molecule has 1 aliphatic heterocycles. The summed E-state index contributed by atoms with van der Waals surface area (Å²) in [7, 11) is 3.41. The van der Waals surface area contributed by atoms with Gasteiger partial charge in [0.05, 0.1) is 30.7 Å². The van der Waals surface area contributed by atoms with E-state index in [1.807, 2.05) is 19.3 Å². The summed E-state index contributed by atoms with van der Waals surface area (Å²) in [5, 5.41) is 11.6. The normalized spacial score (nSPS) is 16.4. The molecule has 9 heteroatoms. The lowest BCUT2D eigenvalue weighted by Crippen LogP contribution is -2.32. The molecule has 0 unspecified atom stereocenters. The molecular weight excluding hydrogens is 370 g/mol. The van der Waals surface area contributed by atoms with Crippen molar-refractivity contribution in [2.45, 2.75) is 19.4 Å². The molecule has 0 saturated carbocycles. The Kier molecular flexibility index (Phi) is 5.30. The second-order valence-electron chi connectivity index (χ2n) is 7.12. The van der Waals surface area contributed by atoms with Crippen LogP contribution in [-0.4, -0.2) is 58.4 Å². The van der Waals surface area contributed by atoms with Gasteiger partial charge in [0, 0.05) is 43.8 Å². The molecule has 0 spiro atoms. The summed E-state index contributed by atoms with van der Waals surface area (Å²) < 4.78 is 7.12. The van der Waals surface area contributed by atoms with Crippen molar-refractivity contribution in [1.82, 2.24) is 25.1 Å². The zero-order valence-corrected chi connectivity index (χ0v) is 16.8. The van der Waals surface area contributed by atoms with Crippen LogP contribution >= 0.6 is 0 Å². The fourth-order valence-corrected chi connectivity index (χ4v) is 3.65. The van der Waals surface area contributed by atoms with E-state index in [4.69, 9.17) is 4.74 Å². The molecule has 0 aliphatic carbocycles. The molecule has 3 aromatic rings. The number of nitrogens with zero attached hydrogens (tertiary/aromatic N) is 5. The van der Waals surface area contributed by atoms with E-state index in [9.17, 15) is 4.79 Å². The minimum absolute atomic E-state index is 0.254. The maximum Gasteiger partial charge on any atom is 0.275 e. The number of carbonyl (C=O) groups excluding carboxylic acids is 1. The maximum absolute atomic E-state index is 12.7. The second-order valence-corrected chi connectivity index (χ2v) is 7.12. The van der Waals surface area contributed by atoms with Crippen LogP contribution in [0.5, 0.6) is 5.75 Å². The average Bonchev–Trinajstić information content (AvgIpc) is 3.33. The van der Waals surface area contributed by atoms with E-state index in [-0.39, 0.29) is 11.6 Å². The predicted molar refractivity (Wildman–Crippen MR) is 112 cm³/mol. The number of hydrogen-bond donors (Lipinski definition) is 2. The van der Waals surface area contributed by atoms with Gasteiger partial charge in [-0.1, -0.05) is 6.92 Å². The molecule has 1 saturated heterocycles. The van der Waals surface area contributed by atoms with Gasteiger partial charge in [0.25, 0.3) is 5.91 Å². The standard InChI is InChI=1S/C20H25N7O2/c1-4-21-14-5-6-27(12-14)19-10-22-17(9-23-19)20(28)24-16-7-13-11-26(2)25-15(13)8-18(16)29-3/h7-11,14,21H,4-6,12H2,1-3H3,(H,24,28)/t14-/m1/s1. The third-order valence-electron chi connectivity index (χ3n) is 5.06. The monoisotopic (exact) mass is 395 g/mol. The van der Waals surface area contributed by atoms with Gasteiger partial charge in [-0.2, -0.15) is 5.10 Å². The predicted octanol–water partition coefficient (Wildman–Crippen LogP) is 1.81. The smallest absolute Gasteiger partial charge is 0.275 e. The highest BCUT2D eigenvalue weighted by Gasteiger charge is 2.23. The minimum atomic E-state index is -0.336. The highest BCUT2D eigenvalue weighted by Crippen LogP contribution is 2.30. The van der Waals surface area contributed by atoms with Gasteiger partial charge in [0.1, 0.15) is 17.3 Å². The third-order valence-corrected chi connectivity index (χ3v) is 5.06. The molecule has 9 nitrogen and oxygen atoms in total. The first kappa shape index (κ1) is 19.1. The van der Waals surface area contributed by atoms with Crippen LogP contribution < -0.4 is 20.3 Å². The van der Waals surface area contributed by atoms with Crippen molar-refractivity contribution in [3.05, 3.63) is 36.4 Å². The first-order chi connectivity index (χ1) is 14.1. The first-order valence-corrected chi connectivity index (χ1v) is 9.70. The van der Waals surface area contributed by atoms with Crippen molar-refractivity contribution in [2.75, 3.05) is 37.0 Å². The Morgan fingerprint density at radius 3 is 2.90 bits per heavy atom. The molecule has 0 radical (unpaired) electrons. The molecule has 3 heterocycles. The number of carbonyl (C=O) groups is 1. The van der Waals surface area contributed by atoms with Crippen LogP contribution in [0.3, 0.4) is 0 Å². The van der Waals surface area contributed by atoms with Crippen molar-refractivity contribution in [1.29, 1.82) is 0 Å². The molecular formula is C20H25N7O2. The van der Waals surface area contributed by atoms with Gasteiger partial charge in [-0.05, 0) is 19.0 Å². The molecule has 0 bridgehead atoms. The molecule has 1 fully saturated rings. The van der Waals surface area contributed by atoms with Gasteiger partial charge in [-0.3, -0.25) is 9.48 Å². The molecule has 2 aromatic heterocycles. The summed E-state index contributed by atoms with van der Waals surface area (Å²) in [6.07, 6.45) is 6.13. The van der Waals surface area contributed by atoms with Crippen molar-refractivity contribution < 1.29 is 9.53 Å². The van der Waals surface area contributed by atoms with Gasteiger partial charge in [0.15, 0.2) is 0 Å². The van der Waals surface area contributed by atoms with E-state index < -0.39 is 0 Å². The minimum Gasteiger partial charge on any atom is -0.494 e. The number of benzene rings is 1. The fourth-order valence-electron chi connectivity index (χ4n) is 3.65. The largest absolute Gasteiger partial charge is 0.494 e. The molecule has 4 rings (SSSR count). The molecule has 1 aliphatic rings. The van der Waals surface area contributed by atoms with Gasteiger partial charge in [0.2, 0.25) is 0 Å². The average molecular weight is 395 g/mol. The highest BCUT2D eigenvalue weighted by atomic mass is 16.5. The number of anilines is 2. The summed E-state index contributed by atoms with van der Waals surface area (Å²) >= 11 is 0. The van der Waals surface area contributed by atoms with Crippen molar-refractivity contribution in [2.24, 2.45) is 7.05 Å². The number of ether oxygens (including phenoxy) is 1. The van der Waals surface area contributed by atoms with E-state index in [0.717, 1.165) is 42.8 Å². The van der Waals surface area contributed by atoms with Crippen LogP contribution in [0.2, 0.25) is 0 Å². The second kappa shape index (κ2) is 8.04. The fraction of sp³-hybridized carbons (Fsp3) is 0.400. The number of nitrogens with one attached hydrogen (secondary N) is 2. The van der Waals surface area contributed by atoms with E-state index in [0.29, 0.717) is 17.5 Å². The van der Waals surface area contributed by atoms with Crippen LogP contribution in [0, 0.1) is 0 Å². The van der Waals surface area contributed by atoms with Crippen LogP contribution in [0.4, 0.5) is 11.5 Å². The van der Waals surface area contributed by atoms with E-state index in [2.05, 4.69) is 37.5 Å². The Hall–Kier alpha value is -3.20.